The SMILES string of the molecule is CN(C)C(=O)c1ccc(CNN)cc1. The standard InChI is InChI=1S/C10H15N3O/c1-13(2)10(14)9-5-3-8(4-6-9)7-12-11/h3-6,12H,7,11H2,1-2H3. The first-order valence-electron chi connectivity index (χ1n) is 4.39. The molecule has 1 aromatic carbocycles. The summed E-state index contributed by atoms with van der Waals surface area (Å²) in [5, 5.41) is 0. The quantitative estimate of drug-likeness (QED) is 0.538. The van der Waals surface area contributed by atoms with E-state index in [0.717, 1.165) is 5.56 Å². The molecule has 0 bridgehead atoms. The summed E-state index contributed by atoms with van der Waals surface area (Å²) < 4.78 is 0. The first-order valence-corrected chi connectivity index (χ1v) is 4.39. The van der Waals surface area contributed by atoms with Crippen molar-refractivity contribution in [1.29, 1.82) is 0 Å². The second-order valence-corrected chi connectivity index (χ2v) is 3.28. The first kappa shape index (κ1) is 10.7. The van der Waals surface area contributed by atoms with Gasteiger partial charge in [0.2, 0.25) is 0 Å². The molecule has 0 saturated heterocycles. The van der Waals surface area contributed by atoms with Gasteiger partial charge in [-0.15, -0.1) is 0 Å². The lowest BCUT2D eigenvalue weighted by Gasteiger charge is -2.10. The molecule has 0 radical (unpaired) electrons. The van der Waals surface area contributed by atoms with Crippen LogP contribution in [0, 0.1) is 0 Å². The topological polar surface area (TPSA) is 58.4 Å². The van der Waals surface area contributed by atoms with Crippen LogP contribution in [0.5, 0.6) is 0 Å². The average molecular weight is 193 g/mol. The molecule has 1 amide bonds. The molecule has 4 heteroatoms. The molecule has 0 heterocycles. The minimum Gasteiger partial charge on any atom is -0.345 e. The van der Waals surface area contributed by atoms with Gasteiger partial charge >= 0.3 is 0 Å². The Bertz CT molecular complexity index is 306. The van der Waals surface area contributed by atoms with Gasteiger partial charge in [-0.1, -0.05) is 12.1 Å². The smallest absolute Gasteiger partial charge is 0.253 e. The van der Waals surface area contributed by atoms with Crippen molar-refractivity contribution in [3.8, 4) is 0 Å². The third-order valence-corrected chi connectivity index (χ3v) is 1.91. The lowest BCUT2D eigenvalue weighted by Crippen LogP contribution is -2.22. The Morgan fingerprint density at radius 1 is 1.36 bits per heavy atom. The highest BCUT2D eigenvalue weighted by molar-refractivity contribution is 5.93. The van der Waals surface area contributed by atoms with Crippen LogP contribution < -0.4 is 11.3 Å². The number of rotatable bonds is 3. The van der Waals surface area contributed by atoms with E-state index in [4.69, 9.17) is 5.84 Å². The van der Waals surface area contributed by atoms with E-state index < -0.39 is 0 Å². The number of nitrogens with two attached hydrogens (primary N) is 1. The van der Waals surface area contributed by atoms with Crippen LogP contribution in [-0.4, -0.2) is 24.9 Å². The van der Waals surface area contributed by atoms with E-state index in [-0.39, 0.29) is 5.91 Å². The van der Waals surface area contributed by atoms with E-state index >= 15 is 0 Å². The molecule has 0 saturated carbocycles. The fraction of sp³-hybridized carbons (Fsp3) is 0.300. The number of hydrogen-bond acceptors (Lipinski definition) is 3. The molecule has 0 aliphatic rings. The van der Waals surface area contributed by atoms with Gasteiger partial charge in [-0.3, -0.25) is 16.1 Å². The van der Waals surface area contributed by atoms with E-state index in [1.807, 2.05) is 12.1 Å². The Morgan fingerprint density at radius 3 is 2.36 bits per heavy atom. The van der Waals surface area contributed by atoms with Crippen LogP contribution in [-0.2, 0) is 6.54 Å². The normalized spacial score (nSPS) is 9.93. The zero-order chi connectivity index (χ0) is 10.6. The molecule has 0 atom stereocenters. The highest BCUT2D eigenvalue weighted by atomic mass is 16.2. The summed E-state index contributed by atoms with van der Waals surface area (Å²) >= 11 is 0. The Labute approximate surface area is 83.7 Å². The predicted molar refractivity (Wildman–Crippen MR) is 55.5 cm³/mol. The van der Waals surface area contributed by atoms with Gasteiger partial charge in [-0.2, -0.15) is 0 Å². The monoisotopic (exact) mass is 193 g/mol. The zero-order valence-corrected chi connectivity index (χ0v) is 8.45. The molecule has 0 aliphatic carbocycles. The minimum absolute atomic E-state index is 0.0113. The Kier molecular flexibility index (Phi) is 3.62. The fourth-order valence-corrected chi connectivity index (χ4v) is 1.14. The van der Waals surface area contributed by atoms with Crippen molar-refractivity contribution < 1.29 is 4.79 Å². The number of benzene rings is 1. The van der Waals surface area contributed by atoms with Crippen LogP contribution in [0.1, 0.15) is 15.9 Å². The molecule has 1 aromatic rings. The largest absolute Gasteiger partial charge is 0.345 e. The maximum absolute atomic E-state index is 11.5. The van der Waals surface area contributed by atoms with Crippen molar-refractivity contribution in [3.05, 3.63) is 35.4 Å². The first-order chi connectivity index (χ1) is 6.65. The van der Waals surface area contributed by atoms with Crippen LogP contribution in [0.25, 0.3) is 0 Å². The van der Waals surface area contributed by atoms with E-state index in [2.05, 4.69) is 5.43 Å². The van der Waals surface area contributed by atoms with E-state index in [9.17, 15) is 4.79 Å². The lowest BCUT2D eigenvalue weighted by atomic mass is 10.1. The Balaban J connectivity index is 2.78. The van der Waals surface area contributed by atoms with E-state index in [1.165, 1.54) is 0 Å². The van der Waals surface area contributed by atoms with Gasteiger partial charge in [0.1, 0.15) is 0 Å². The summed E-state index contributed by atoms with van der Waals surface area (Å²) in [6.07, 6.45) is 0. The molecule has 76 valence electrons. The fourth-order valence-electron chi connectivity index (χ4n) is 1.14. The number of amides is 1. The molecule has 0 aromatic heterocycles. The number of nitrogens with zero attached hydrogens (tertiary/aromatic N) is 1. The number of carbonyl (C=O) groups excluding carboxylic acids is 1. The van der Waals surface area contributed by atoms with Crippen molar-refractivity contribution in [2.75, 3.05) is 14.1 Å². The lowest BCUT2D eigenvalue weighted by molar-refractivity contribution is 0.0827. The average Bonchev–Trinajstić information content (AvgIpc) is 2.18. The van der Waals surface area contributed by atoms with Crippen LogP contribution in [0.2, 0.25) is 0 Å². The molecular formula is C10H15N3O. The van der Waals surface area contributed by atoms with Crippen LogP contribution in [0.3, 0.4) is 0 Å². The van der Waals surface area contributed by atoms with Gasteiger partial charge in [0.15, 0.2) is 0 Å². The van der Waals surface area contributed by atoms with Gasteiger partial charge in [0.25, 0.3) is 5.91 Å². The molecule has 0 fully saturated rings. The summed E-state index contributed by atoms with van der Waals surface area (Å²) in [5.74, 6) is 5.19. The minimum atomic E-state index is 0.0113. The number of nitrogens with one attached hydrogen (secondary N) is 1. The van der Waals surface area contributed by atoms with Gasteiger partial charge in [0, 0.05) is 26.2 Å². The zero-order valence-electron chi connectivity index (χ0n) is 8.45. The molecule has 0 spiro atoms. The van der Waals surface area contributed by atoms with Crippen molar-refractivity contribution >= 4 is 5.91 Å². The summed E-state index contributed by atoms with van der Waals surface area (Å²) in [6.45, 7) is 0.608. The van der Waals surface area contributed by atoms with Crippen LogP contribution in [0.15, 0.2) is 24.3 Å². The maximum atomic E-state index is 11.5. The van der Waals surface area contributed by atoms with Crippen molar-refractivity contribution in [1.82, 2.24) is 10.3 Å². The summed E-state index contributed by atoms with van der Waals surface area (Å²) in [6, 6.07) is 7.37. The molecule has 0 aliphatic heterocycles. The predicted octanol–water partition coefficient (Wildman–Crippen LogP) is 0.352. The maximum Gasteiger partial charge on any atom is 0.253 e. The third kappa shape index (κ3) is 2.55. The van der Waals surface area contributed by atoms with E-state index in [1.54, 1.807) is 31.1 Å². The van der Waals surface area contributed by atoms with Crippen LogP contribution >= 0.6 is 0 Å². The summed E-state index contributed by atoms with van der Waals surface area (Å²) in [7, 11) is 3.47. The van der Waals surface area contributed by atoms with Gasteiger partial charge in [-0.05, 0) is 17.7 Å². The van der Waals surface area contributed by atoms with Crippen LogP contribution in [0.4, 0.5) is 0 Å². The van der Waals surface area contributed by atoms with Crippen molar-refractivity contribution in [2.45, 2.75) is 6.54 Å². The molecule has 14 heavy (non-hydrogen) atoms. The van der Waals surface area contributed by atoms with Crippen molar-refractivity contribution in [3.63, 3.8) is 0 Å². The second-order valence-electron chi connectivity index (χ2n) is 3.28. The summed E-state index contributed by atoms with van der Waals surface area (Å²) in [5.41, 5.74) is 4.31. The van der Waals surface area contributed by atoms with Gasteiger partial charge in [-0.25, -0.2) is 0 Å². The highest BCUT2D eigenvalue weighted by Crippen LogP contribution is 2.05. The molecule has 3 N–H and O–H groups in total. The number of carbonyl (C=O) groups is 1. The Hall–Kier alpha value is -1.39. The molecule has 0 unspecified atom stereocenters. The summed E-state index contributed by atoms with van der Waals surface area (Å²) in [4.78, 5) is 13.1. The molecule has 4 nitrogen and oxygen atoms in total. The molecule has 1 rings (SSSR count). The highest BCUT2D eigenvalue weighted by Gasteiger charge is 2.06. The molecular weight excluding hydrogens is 178 g/mol. The van der Waals surface area contributed by atoms with Gasteiger partial charge in [0.05, 0.1) is 0 Å². The van der Waals surface area contributed by atoms with E-state index in [0.29, 0.717) is 12.1 Å². The van der Waals surface area contributed by atoms with Gasteiger partial charge < -0.3 is 4.90 Å². The van der Waals surface area contributed by atoms with Crippen molar-refractivity contribution in [2.24, 2.45) is 5.84 Å². The number of hydrazine groups is 1. The third-order valence-electron chi connectivity index (χ3n) is 1.91. The Morgan fingerprint density at radius 2 is 1.93 bits per heavy atom. The second kappa shape index (κ2) is 4.74. The number of hydrogen-bond donors (Lipinski definition) is 2.